The summed E-state index contributed by atoms with van der Waals surface area (Å²) < 4.78 is 35.5. The molecule has 0 unspecified atom stereocenters. The Bertz CT molecular complexity index is 739. The number of phenols is 1. The fourth-order valence-corrected chi connectivity index (χ4v) is 2.56. The lowest BCUT2D eigenvalue weighted by Gasteiger charge is -2.08. The minimum Gasteiger partial charge on any atom is -0.507 e. The van der Waals surface area contributed by atoms with Crippen LogP contribution in [0.2, 0.25) is 0 Å². The van der Waals surface area contributed by atoms with E-state index in [0.717, 1.165) is 19.2 Å². The van der Waals surface area contributed by atoms with Gasteiger partial charge in [-0.3, -0.25) is 0 Å². The number of rotatable bonds is 5. The van der Waals surface area contributed by atoms with E-state index in [1.54, 1.807) is 0 Å². The molecule has 1 aromatic heterocycles. The second-order valence-electron chi connectivity index (χ2n) is 3.99. The van der Waals surface area contributed by atoms with Gasteiger partial charge in [0.15, 0.2) is 0 Å². The first-order valence-electron chi connectivity index (χ1n) is 5.74. The van der Waals surface area contributed by atoms with Crippen molar-refractivity contribution in [3.05, 3.63) is 41.8 Å². The number of aromatic hydroxyl groups is 1. The number of carbonyl (C=O) groups excluding carboxylic acids is 1. The van der Waals surface area contributed by atoms with Crippen LogP contribution in [0.3, 0.4) is 0 Å². The average molecular weight is 312 g/mol. The van der Waals surface area contributed by atoms with E-state index in [9.17, 15) is 18.3 Å². The Labute approximate surface area is 120 Å². The van der Waals surface area contributed by atoms with Crippen LogP contribution < -0.4 is 4.72 Å². The highest BCUT2D eigenvalue weighted by atomic mass is 32.2. The number of benzene rings is 1. The van der Waals surface area contributed by atoms with E-state index >= 15 is 0 Å². The summed E-state index contributed by atoms with van der Waals surface area (Å²) in [5.41, 5.74) is 0.173. The predicted octanol–water partition coefficient (Wildman–Crippen LogP) is 0.645. The summed E-state index contributed by atoms with van der Waals surface area (Å²) in [6.07, 6.45) is 1.32. The van der Waals surface area contributed by atoms with Crippen LogP contribution in [0.15, 0.2) is 39.9 Å². The maximum Gasteiger partial charge on any atom is 0.341 e. The van der Waals surface area contributed by atoms with Gasteiger partial charge in [0.1, 0.15) is 17.6 Å². The number of sulfonamides is 1. The zero-order valence-electron chi connectivity index (χ0n) is 10.9. The first-order chi connectivity index (χ1) is 9.94. The SMILES string of the molecule is COC(=O)c1cc(S(=O)(=O)NCc2ccon2)ccc1O. The number of ether oxygens (including phenoxy) is 1. The van der Waals surface area contributed by atoms with Gasteiger partial charge in [-0.25, -0.2) is 17.9 Å². The topological polar surface area (TPSA) is 119 Å². The number of nitrogens with zero attached hydrogens (tertiary/aromatic N) is 1. The zero-order chi connectivity index (χ0) is 15.5. The number of hydrogen-bond donors (Lipinski definition) is 2. The maximum absolute atomic E-state index is 12.1. The van der Waals surface area contributed by atoms with Crippen LogP contribution in [0.5, 0.6) is 5.75 Å². The van der Waals surface area contributed by atoms with Crippen molar-refractivity contribution in [2.24, 2.45) is 0 Å². The van der Waals surface area contributed by atoms with E-state index < -0.39 is 16.0 Å². The number of phenolic OH excluding ortho intramolecular Hbond substituents is 1. The average Bonchev–Trinajstić information content (AvgIpc) is 2.98. The van der Waals surface area contributed by atoms with Crippen molar-refractivity contribution in [1.29, 1.82) is 0 Å². The summed E-state index contributed by atoms with van der Waals surface area (Å²) in [6, 6.07) is 4.83. The van der Waals surface area contributed by atoms with Crippen molar-refractivity contribution < 1.29 is 27.6 Å². The third-order valence-corrected chi connectivity index (χ3v) is 4.02. The van der Waals surface area contributed by atoms with Gasteiger partial charge in [-0.15, -0.1) is 0 Å². The highest BCUT2D eigenvalue weighted by molar-refractivity contribution is 7.89. The van der Waals surface area contributed by atoms with Gasteiger partial charge in [-0.1, -0.05) is 5.16 Å². The summed E-state index contributed by atoms with van der Waals surface area (Å²) in [5, 5.41) is 13.1. The van der Waals surface area contributed by atoms with E-state index in [1.165, 1.54) is 18.4 Å². The molecule has 0 fully saturated rings. The van der Waals surface area contributed by atoms with Crippen molar-refractivity contribution in [3.63, 3.8) is 0 Å². The largest absolute Gasteiger partial charge is 0.507 e. The molecule has 0 spiro atoms. The molecule has 0 aliphatic heterocycles. The Kier molecular flexibility index (Phi) is 4.24. The number of nitrogens with one attached hydrogen (secondary N) is 1. The van der Waals surface area contributed by atoms with Crippen LogP contribution in [0, 0.1) is 0 Å². The number of hydrogen-bond acceptors (Lipinski definition) is 7. The van der Waals surface area contributed by atoms with Crippen molar-refractivity contribution in [3.8, 4) is 5.75 Å². The lowest BCUT2D eigenvalue weighted by atomic mass is 10.2. The maximum atomic E-state index is 12.1. The molecule has 2 aromatic rings. The molecule has 1 heterocycles. The van der Waals surface area contributed by atoms with Gasteiger partial charge in [0.25, 0.3) is 0 Å². The number of esters is 1. The lowest BCUT2D eigenvalue weighted by molar-refractivity contribution is 0.0597. The van der Waals surface area contributed by atoms with Crippen molar-refractivity contribution in [2.45, 2.75) is 11.4 Å². The van der Waals surface area contributed by atoms with Gasteiger partial charge in [0.2, 0.25) is 10.0 Å². The molecular formula is C12H12N2O6S. The number of methoxy groups -OCH3 is 1. The van der Waals surface area contributed by atoms with Crippen LogP contribution >= 0.6 is 0 Å². The Balaban J connectivity index is 2.25. The third kappa shape index (κ3) is 3.38. The molecule has 9 heteroatoms. The molecule has 0 aliphatic rings. The summed E-state index contributed by atoms with van der Waals surface area (Å²) >= 11 is 0. The minimum atomic E-state index is -3.87. The molecule has 21 heavy (non-hydrogen) atoms. The number of aromatic nitrogens is 1. The third-order valence-electron chi connectivity index (χ3n) is 2.62. The Morgan fingerprint density at radius 3 is 2.81 bits per heavy atom. The van der Waals surface area contributed by atoms with Gasteiger partial charge >= 0.3 is 5.97 Å². The fourth-order valence-electron chi connectivity index (χ4n) is 1.54. The molecule has 2 rings (SSSR count). The summed E-state index contributed by atoms with van der Waals surface area (Å²) in [7, 11) is -2.74. The van der Waals surface area contributed by atoms with Crippen LogP contribution in [0.1, 0.15) is 16.1 Å². The summed E-state index contributed by atoms with van der Waals surface area (Å²) in [5.74, 6) is -1.20. The van der Waals surface area contributed by atoms with Crippen LogP contribution in [-0.4, -0.2) is 31.8 Å². The second kappa shape index (κ2) is 5.94. The molecule has 2 N–H and O–H groups in total. The molecule has 0 radical (unpaired) electrons. The van der Waals surface area contributed by atoms with Gasteiger partial charge < -0.3 is 14.4 Å². The van der Waals surface area contributed by atoms with Crippen molar-refractivity contribution in [2.75, 3.05) is 7.11 Å². The molecule has 8 nitrogen and oxygen atoms in total. The smallest absolute Gasteiger partial charge is 0.341 e. The first-order valence-corrected chi connectivity index (χ1v) is 7.22. The molecule has 0 saturated carbocycles. The van der Waals surface area contributed by atoms with Crippen LogP contribution in [0.4, 0.5) is 0 Å². The van der Waals surface area contributed by atoms with Crippen molar-refractivity contribution >= 4 is 16.0 Å². The highest BCUT2D eigenvalue weighted by Crippen LogP contribution is 2.22. The second-order valence-corrected chi connectivity index (χ2v) is 5.75. The Morgan fingerprint density at radius 2 is 2.19 bits per heavy atom. The van der Waals surface area contributed by atoms with E-state index in [1.807, 2.05) is 0 Å². The molecule has 0 bridgehead atoms. The predicted molar refractivity (Wildman–Crippen MR) is 70.0 cm³/mol. The molecule has 0 aliphatic carbocycles. The van der Waals surface area contributed by atoms with E-state index in [4.69, 9.17) is 0 Å². The molecular weight excluding hydrogens is 300 g/mol. The Hall–Kier alpha value is -2.39. The number of carbonyl (C=O) groups is 1. The molecule has 0 atom stereocenters. The van der Waals surface area contributed by atoms with Gasteiger partial charge in [0, 0.05) is 6.07 Å². The zero-order valence-corrected chi connectivity index (χ0v) is 11.8. The quantitative estimate of drug-likeness (QED) is 0.778. The van der Waals surface area contributed by atoms with Gasteiger partial charge in [-0.05, 0) is 18.2 Å². The van der Waals surface area contributed by atoms with E-state index in [0.29, 0.717) is 5.69 Å². The highest BCUT2D eigenvalue weighted by Gasteiger charge is 2.19. The normalized spacial score (nSPS) is 11.3. The van der Waals surface area contributed by atoms with Crippen LogP contribution in [0.25, 0.3) is 0 Å². The van der Waals surface area contributed by atoms with Crippen molar-refractivity contribution in [1.82, 2.24) is 9.88 Å². The van der Waals surface area contributed by atoms with Gasteiger partial charge in [-0.2, -0.15) is 0 Å². The minimum absolute atomic E-state index is 0.0622. The Morgan fingerprint density at radius 1 is 1.43 bits per heavy atom. The van der Waals surface area contributed by atoms with E-state index in [-0.39, 0.29) is 22.8 Å². The molecule has 1 aromatic carbocycles. The standard InChI is InChI=1S/C12H12N2O6S/c1-19-12(16)10-6-9(2-3-11(10)15)21(17,18)13-7-8-4-5-20-14-8/h2-6,13,15H,7H2,1H3. The monoisotopic (exact) mass is 312 g/mol. The van der Waals surface area contributed by atoms with Gasteiger partial charge in [0.05, 0.1) is 24.2 Å². The van der Waals surface area contributed by atoms with E-state index in [2.05, 4.69) is 19.1 Å². The molecule has 0 saturated heterocycles. The van der Waals surface area contributed by atoms with Crippen LogP contribution in [-0.2, 0) is 21.3 Å². The lowest BCUT2D eigenvalue weighted by Crippen LogP contribution is -2.23. The molecule has 112 valence electrons. The fraction of sp³-hybridized carbons (Fsp3) is 0.167. The first kappa shape index (κ1) is 15.0. The summed E-state index contributed by atoms with van der Waals surface area (Å²) in [6.45, 7) is -0.0622. The molecule has 0 amide bonds. The summed E-state index contributed by atoms with van der Waals surface area (Å²) in [4.78, 5) is 11.3.